The van der Waals surface area contributed by atoms with Crippen LogP contribution in [-0.4, -0.2) is 15.9 Å². The number of allylic oxidation sites excluding steroid dienone is 6. The molecule has 2 saturated carbocycles. The first-order valence-corrected chi connectivity index (χ1v) is 10.3. The summed E-state index contributed by atoms with van der Waals surface area (Å²) >= 11 is 0. The molecule has 2 fully saturated rings. The van der Waals surface area contributed by atoms with Gasteiger partial charge in [0.2, 0.25) is 0 Å². The first kappa shape index (κ1) is 17.0. The Kier molecular flexibility index (Phi) is 3.72. The van der Waals surface area contributed by atoms with E-state index in [-0.39, 0.29) is 10.8 Å². The van der Waals surface area contributed by atoms with Crippen molar-refractivity contribution in [3.8, 4) is 0 Å². The summed E-state index contributed by atoms with van der Waals surface area (Å²) in [5.74, 6) is 1.38. The third-order valence-corrected chi connectivity index (χ3v) is 8.12. The summed E-state index contributed by atoms with van der Waals surface area (Å²) < 4.78 is 0. The number of oxime groups is 1. The molecule has 3 nitrogen and oxygen atoms in total. The number of pyridine rings is 1. The van der Waals surface area contributed by atoms with Gasteiger partial charge in [0.1, 0.15) is 0 Å². The first-order chi connectivity index (χ1) is 13.1. The van der Waals surface area contributed by atoms with Crippen molar-refractivity contribution in [2.24, 2.45) is 27.8 Å². The van der Waals surface area contributed by atoms with Crippen molar-refractivity contribution in [1.82, 2.24) is 4.98 Å². The monoisotopic (exact) mass is 360 g/mol. The highest BCUT2D eigenvalue weighted by atomic mass is 16.4. The van der Waals surface area contributed by atoms with Crippen LogP contribution in [0.1, 0.15) is 57.9 Å². The van der Waals surface area contributed by atoms with Crippen molar-refractivity contribution in [3.63, 3.8) is 0 Å². The fourth-order valence-corrected chi connectivity index (χ4v) is 6.58. The lowest BCUT2D eigenvalue weighted by atomic mass is 9.48. The van der Waals surface area contributed by atoms with E-state index in [1.54, 1.807) is 5.57 Å². The molecule has 140 valence electrons. The molecule has 0 spiro atoms. The molecule has 5 rings (SSSR count). The SMILES string of the molecule is C[C@]12CCC3C(CCC4=CC(=NO)CC[C@@]43C)C1=CC=C2c1cccnc1. The van der Waals surface area contributed by atoms with Gasteiger partial charge in [0.25, 0.3) is 0 Å². The number of nitrogens with zero attached hydrogens (tertiary/aromatic N) is 2. The van der Waals surface area contributed by atoms with Crippen LogP contribution < -0.4 is 0 Å². The summed E-state index contributed by atoms with van der Waals surface area (Å²) in [4.78, 5) is 4.36. The van der Waals surface area contributed by atoms with E-state index >= 15 is 0 Å². The summed E-state index contributed by atoms with van der Waals surface area (Å²) in [6.07, 6.45) is 17.7. The average Bonchev–Trinajstić information content (AvgIpc) is 3.05. The van der Waals surface area contributed by atoms with E-state index < -0.39 is 0 Å². The Bertz CT molecular complexity index is 894. The van der Waals surface area contributed by atoms with Crippen LogP contribution in [0, 0.1) is 22.7 Å². The molecule has 0 radical (unpaired) electrons. The molecule has 4 atom stereocenters. The molecule has 4 aliphatic rings. The lowest BCUT2D eigenvalue weighted by Crippen LogP contribution is -2.47. The minimum Gasteiger partial charge on any atom is -0.411 e. The second-order valence-electron chi connectivity index (χ2n) is 9.24. The van der Waals surface area contributed by atoms with E-state index in [0.717, 1.165) is 25.0 Å². The zero-order chi connectivity index (χ0) is 18.6. The van der Waals surface area contributed by atoms with Crippen molar-refractivity contribution in [2.45, 2.75) is 52.4 Å². The van der Waals surface area contributed by atoms with Gasteiger partial charge in [-0.05, 0) is 79.1 Å². The molecule has 1 aromatic rings. The Labute approximate surface area is 161 Å². The Morgan fingerprint density at radius 1 is 1.15 bits per heavy atom. The Hall–Kier alpha value is -2.16. The molecule has 0 amide bonds. The molecular formula is C24H28N2O. The van der Waals surface area contributed by atoms with Gasteiger partial charge in [0, 0.05) is 17.8 Å². The first-order valence-electron chi connectivity index (χ1n) is 10.3. The van der Waals surface area contributed by atoms with Gasteiger partial charge in [0.05, 0.1) is 5.71 Å². The maximum atomic E-state index is 9.21. The fourth-order valence-electron chi connectivity index (χ4n) is 6.58. The average molecular weight is 361 g/mol. The number of hydrogen-bond acceptors (Lipinski definition) is 3. The van der Waals surface area contributed by atoms with Gasteiger partial charge in [-0.15, -0.1) is 0 Å². The van der Waals surface area contributed by atoms with E-state index in [9.17, 15) is 5.21 Å². The summed E-state index contributed by atoms with van der Waals surface area (Å²) in [5, 5.41) is 12.7. The minimum atomic E-state index is 0.161. The predicted octanol–water partition coefficient (Wildman–Crippen LogP) is 5.79. The summed E-state index contributed by atoms with van der Waals surface area (Å²) in [7, 11) is 0. The molecule has 4 aliphatic carbocycles. The molecule has 0 saturated heterocycles. The molecule has 0 bridgehead atoms. The fraction of sp³-hybridized carbons (Fsp3) is 0.500. The maximum Gasteiger partial charge on any atom is 0.0795 e. The van der Waals surface area contributed by atoms with E-state index in [1.807, 2.05) is 18.5 Å². The van der Waals surface area contributed by atoms with Crippen molar-refractivity contribution in [3.05, 3.63) is 59.5 Å². The third kappa shape index (κ3) is 2.33. The van der Waals surface area contributed by atoms with E-state index in [2.05, 4.69) is 48.3 Å². The standard InChI is InChI=1S/C24H28N2O/c1-23-11-9-18(26-27)14-17(23)5-6-19-21-8-7-20(16-4-3-13-25-15-16)24(21,2)12-10-22(19)23/h3-4,7-8,13-15,19,22,27H,5-6,9-12H2,1-2H3/t19?,22?,23-,24+/m0/s1. The molecule has 27 heavy (non-hydrogen) atoms. The van der Waals surface area contributed by atoms with Crippen LogP contribution in [0.2, 0.25) is 0 Å². The van der Waals surface area contributed by atoms with Crippen LogP contribution in [0.15, 0.2) is 59.1 Å². The topological polar surface area (TPSA) is 45.5 Å². The van der Waals surface area contributed by atoms with Crippen LogP contribution in [0.3, 0.4) is 0 Å². The maximum absolute atomic E-state index is 9.21. The number of aromatic nitrogens is 1. The largest absolute Gasteiger partial charge is 0.411 e. The number of hydrogen-bond donors (Lipinski definition) is 1. The molecule has 2 unspecified atom stereocenters. The lowest BCUT2D eigenvalue weighted by molar-refractivity contribution is 0.0716. The van der Waals surface area contributed by atoms with E-state index in [1.165, 1.54) is 36.0 Å². The molecule has 0 aromatic carbocycles. The lowest BCUT2D eigenvalue weighted by Gasteiger charge is -2.56. The van der Waals surface area contributed by atoms with Crippen LogP contribution >= 0.6 is 0 Å². The second-order valence-corrected chi connectivity index (χ2v) is 9.24. The van der Waals surface area contributed by atoms with Crippen LogP contribution in [0.4, 0.5) is 0 Å². The van der Waals surface area contributed by atoms with E-state index in [0.29, 0.717) is 11.8 Å². The Morgan fingerprint density at radius 3 is 2.81 bits per heavy atom. The Morgan fingerprint density at radius 2 is 2.04 bits per heavy atom. The molecular weight excluding hydrogens is 332 g/mol. The highest BCUT2D eigenvalue weighted by Gasteiger charge is 2.54. The highest BCUT2D eigenvalue weighted by Crippen LogP contribution is 2.65. The van der Waals surface area contributed by atoms with Crippen LogP contribution in [0.25, 0.3) is 5.57 Å². The van der Waals surface area contributed by atoms with Gasteiger partial charge in [-0.1, -0.05) is 48.4 Å². The number of rotatable bonds is 1. The molecule has 0 aliphatic heterocycles. The van der Waals surface area contributed by atoms with Crippen molar-refractivity contribution in [1.29, 1.82) is 0 Å². The van der Waals surface area contributed by atoms with Gasteiger partial charge < -0.3 is 5.21 Å². The zero-order valence-corrected chi connectivity index (χ0v) is 16.3. The van der Waals surface area contributed by atoms with Crippen LogP contribution in [0.5, 0.6) is 0 Å². The van der Waals surface area contributed by atoms with Crippen molar-refractivity contribution < 1.29 is 5.21 Å². The Balaban J connectivity index is 1.49. The van der Waals surface area contributed by atoms with Gasteiger partial charge in [0.15, 0.2) is 0 Å². The summed E-state index contributed by atoms with van der Waals surface area (Å²) in [5.41, 5.74) is 7.18. The summed E-state index contributed by atoms with van der Waals surface area (Å²) in [6, 6.07) is 4.25. The summed E-state index contributed by atoms with van der Waals surface area (Å²) in [6.45, 7) is 4.92. The molecule has 3 heteroatoms. The zero-order valence-electron chi connectivity index (χ0n) is 16.3. The van der Waals surface area contributed by atoms with Gasteiger partial charge in [-0.3, -0.25) is 4.98 Å². The highest BCUT2D eigenvalue weighted by molar-refractivity contribution is 5.96. The smallest absolute Gasteiger partial charge is 0.0795 e. The molecule has 1 N–H and O–H groups in total. The van der Waals surface area contributed by atoms with Crippen LogP contribution in [-0.2, 0) is 0 Å². The third-order valence-electron chi connectivity index (χ3n) is 8.12. The number of fused-ring (bicyclic) bond motifs is 5. The molecule has 1 aromatic heterocycles. The van der Waals surface area contributed by atoms with Crippen molar-refractivity contribution >= 4 is 11.3 Å². The van der Waals surface area contributed by atoms with Crippen molar-refractivity contribution in [2.75, 3.05) is 0 Å². The predicted molar refractivity (Wildman–Crippen MR) is 108 cm³/mol. The quantitative estimate of drug-likeness (QED) is 0.509. The van der Waals surface area contributed by atoms with Gasteiger partial charge in [-0.2, -0.15) is 0 Å². The van der Waals surface area contributed by atoms with E-state index in [4.69, 9.17) is 0 Å². The normalized spacial score (nSPS) is 39.0. The minimum absolute atomic E-state index is 0.161. The molecule has 1 heterocycles. The van der Waals surface area contributed by atoms with Gasteiger partial charge in [-0.25, -0.2) is 0 Å². The van der Waals surface area contributed by atoms with Gasteiger partial charge >= 0.3 is 0 Å². The second kappa shape index (κ2) is 5.92.